The van der Waals surface area contributed by atoms with Crippen LogP contribution in [-0.4, -0.2) is 6.04 Å². The van der Waals surface area contributed by atoms with Crippen molar-refractivity contribution in [2.45, 2.75) is 31.7 Å². The monoisotopic (exact) mass is 243 g/mol. The molecule has 1 fully saturated rings. The fraction of sp³-hybridized carbons (Fsp3) is 0.500. The molecule has 1 aliphatic rings. The predicted octanol–water partition coefficient (Wildman–Crippen LogP) is 3.83. The molecule has 0 radical (unpaired) electrons. The van der Waals surface area contributed by atoms with Gasteiger partial charge in [0.1, 0.15) is 0 Å². The lowest BCUT2D eigenvalue weighted by molar-refractivity contribution is 0.198. The van der Waals surface area contributed by atoms with Crippen LogP contribution in [0.5, 0.6) is 0 Å². The van der Waals surface area contributed by atoms with Crippen LogP contribution < -0.4 is 5.73 Å². The largest absolute Gasteiger partial charge is 0.327 e. The molecule has 0 bridgehead atoms. The van der Waals surface area contributed by atoms with E-state index in [1.165, 1.54) is 0 Å². The van der Waals surface area contributed by atoms with E-state index in [0.29, 0.717) is 17.9 Å². The summed E-state index contributed by atoms with van der Waals surface area (Å²) < 4.78 is 0. The standard InChI is InChI=1S/C12H15Cl2N/c1-2-8-9(6-12(8)15)10-5-7(13)3-4-11(10)14/h3-5,8-9,12H,2,6,15H2,1H3. The first-order valence-corrected chi connectivity index (χ1v) is 6.09. The molecule has 0 amide bonds. The maximum atomic E-state index is 6.17. The van der Waals surface area contributed by atoms with Gasteiger partial charge in [0.05, 0.1) is 0 Å². The highest BCUT2D eigenvalue weighted by Gasteiger charge is 2.38. The van der Waals surface area contributed by atoms with Crippen molar-refractivity contribution in [1.29, 1.82) is 0 Å². The van der Waals surface area contributed by atoms with E-state index in [9.17, 15) is 0 Å². The molecule has 0 aliphatic heterocycles. The van der Waals surface area contributed by atoms with Gasteiger partial charge in [-0.3, -0.25) is 0 Å². The van der Waals surface area contributed by atoms with Gasteiger partial charge in [0.25, 0.3) is 0 Å². The Morgan fingerprint density at radius 3 is 2.73 bits per heavy atom. The van der Waals surface area contributed by atoms with Gasteiger partial charge in [0, 0.05) is 16.1 Å². The van der Waals surface area contributed by atoms with Gasteiger partial charge in [-0.1, -0.05) is 36.5 Å². The van der Waals surface area contributed by atoms with Crippen LogP contribution >= 0.6 is 23.2 Å². The third kappa shape index (κ3) is 2.01. The zero-order valence-electron chi connectivity index (χ0n) is 8.71. The van der Waals surface area contributed by atoms with Crippen LogP contribution in [0.4, 0.5) is 0 Å². The van der Waals surface area contributed by atoms with Gasteiger partial charge >= 0.3 is 0 Å². The number of rotatable bonds is 2. The fourth-order valence-corrected chi connectivity index (χ4v) is 2.93. The molecule has 1 aromatic rings. The molecule has 0 saturated heterocycles. The minimum absolute atomic E-state index is 0.329. The molecule has 3 unspecified atom stereocenters. The van der Waals surface area contributed by atoms with E-state index in [2.05, 4.69) is 6.92 Å². The molecule has 0 aromatic heterocycles. The van der Waals surface area contributed by atoms with Gasteiger partial charge in [-0.05, 0) is 42.0 Å². The summed E-state index contributed by atoms with van der Waals surface area (Å²) >= 11 is 12.2. The van der Waals surface area contributed by atoms with Gasteiger partial charge < -0.3 is 5.73 Å². The Kier molecular flexibility index (Phi) is 3.24. The average molecular weight is 244 g/mol. The second-order valence-electron chi connectivity index (χ2n) is 4.24. The zero-order chi connectivity index (χ0) is 11.0. The SMILES string of the molecule is CCC1C(N)CC1c1cc(Cl)ccc1Cl. The number of halogens is 2. The van der Waals surface area contributed by atoms with Crippen LogP contribution in [0, 0.1) is 5.92 Å². The Morgan fingerprint density at radius 2 is 2.13 bits per heavy atom. The minimum atomic E-state index is 0.329. The Bertz CT molecular complexity index is 365. The summed E-state index contributed by atoms with van der Waals surface area (Å²) in [7, 11) is 0. The highest BCUT2D eigenvalue weighted by atomic mass is 35.5. The topological polar surface area (TPSA) is 26.0 Å². The molecule has 1 nitrogen and oxygen atoms in total. The van der Waals surface area contributed by atoms with Crippen LogP contribution in [0.15, 0.2) is 18.2 Å². The number of benzene rings is 1. The zero-order valence-corrected chi connectivity index (χ0v) is 10.2. The second-order valence-corrected chi connectivity index (χ2v) is 5.09. The lowest BCUT2D eigenvalue weighted by Crippen LogP contribution is -2.45. The molecule has 82 valence electrons. The van der Waals surface area contributed by atoms with Crippen molar-refractivity contribution in [3.05, 3.63) is 33.8 Å². The average Bonchev–Trinajstić information content (AvgIpc) is 2.19. The predicted molar refractivity (Wildman–Crippen MR) is 65.6 cm³/mol. The lowest BCUT2D eigenvalue weighted by atomic mass is 9.65. The van der Waals surface area contributed by atoms with Gasteiger partial charge in [0.2, 0.25) is 0 Å². The molecule has 1 aliphatic carbocycles. The first-order valence-electron chi connectivity index (χ1n) is 5.34. The van der Waals surface area contributed by atoms with Gasteiger partial charge in [-0.2, -0.15) is 0 Å². The Labute approximate surface area is 101 Å². The van der Waals surface area contributed by atoms with Gasteiger partial charge in [-0.25, -0.2) is 0 Å². The van der Waals surface area contributed by atoms with Crippen LogP contribution in [-0.2, 0) is 0 Å². The smallest absolute Gasteiger partial charge is 0.0441 e. The molecule has 2 rings (SSSR count). The molecular formula is C12H15Cl2N. The van der Waals surface area contributed by atoms with Crippen LogP contribution in [0.1, 0.15) is 31.2 Å². The summed E-state index contributed by atoms with van der Waals surface area (Å²) in [4.78, 5) is 0. The third-order valence-electron chi connectivity index (χ3n) is 3.42. The van der Waals surface area contributed by atoms with E-state index in [0.717, 1.165) is 28.5 Å². The molecule has 3 atom stereocenters. The molecular weight excluding hydrogens is 229 g/mol. The van der Waals surface area contributed by atoms with E-state index >= 15 is 0 Å². The molecule has 1 aromatic carbocycles. The maximum Gasteiger partial charge on any atom is 0.0441 e. The molecule has 3 heteroatoms. The molecule has 0 heterocycles. The number of hydrogen-bond acceptors (Lipinski definition) is 1. The summed E-state index contributed by atoms with van der Waals surface area (Å²) in [5, 5.41) is 1.57. The van der Waals surface area contributed by atoms with Crippen molar-refractivity contribution < 1.29 is 0 Å². The first-order chi connectivity index (χ1) is 7.13. The minimum Gasteiger partial charge on any atom is -0.327 e. The summed E-state index contributed by atoms with van der Waals surface area (Å²) in [5.74, 6) is 1.05. The van der Waals surface area contributed by atoms with Crippen molar-refractivity contribution >= 4 is 23.2 Å². The van der Waals surface area contributed by atoms with Crippen molar-refractivity contribution in [2.24, 2.45) is 11.7 Å². The Balaban J connectivity index is 2.26. The van der Waals surface area contributed by atoms with Crippen molar-refractivity contribution in [2.75, 3.05) is 0 Å². The van der Waals surface area contributed by atoms with Gasteiger partial charge in [0.15, 0.2) is 0 Å². The third-order valence-corrected chi connectivity index (χ3v) is 4.00. The summed E-state index contributed by atoms with van der Waals surface area (Å²) in [6.45, 7) is 2.18. The fourth-order valence-electron chi connectivity index (χ4n) is 2.49. The molecule has 1 saturated carbocycles. The summed E-state index contributed by atoms with van der Waals surface area (Å²) in [6.07, 6.45) is 2.13. The highest BCUT2D eigenvalue weighted by Crippen LogP contribution is 2.46. The van der Waals surface area contributed by atoms with Crippen LogP contribution in [0.2, 0.25) is 10.0 Å². The Hall–Kier alpha value is -0.240. The first kappa shape index (κ1) is 11.3. The number of nitrogens with two attached hydrogens (primary N) is 1. The quantitative estimate of drug-likeness (QED) is 0.840. The van der Waals surface area contributed by atoms with Crippen molar-refractivity contribution in [3.8, 4) is 0 Å². The number of hydrogen-bond donors (Lipinski definition) is 1. The Morgan fingerprint density at radius 1 is 1.40 bits per heavy atom. The van der Waals surface area contributed by atoms with E-state index < -0.39 is 0 Å². The van der Waals surface area contributed by atoms with E-state index in [-0.39, 0.29) is 0 Å². The summed E-state index contributed by atoms with van der Waals surface area (Å²) in [6, 6.07) is 6.00. The molecule has 15 heavy (non-hydrogen) atoms. The van der Waals surface area contributed by atoms with E-state index in [1.807, 2.05) is 18.2 Å². The molecule has 2 N–H and O–H groups in total. The summed E-state index contributed by atoms with van der Waals surface area (Å²) in [5.41, 5.74) is 7.14. The van der Waals surface area contributed by atoms with Gasteiger partial charge in [-0.15, -0.1) is 0 Å². The second kappa shape index (κ2) is 4.32. The molecule has 0 spiro atoms. The lowest BCUT2D eigenvalue weighted by Gasteiger charge is -2.43. The highest BCUT2D eigenvalue weighted by molar-refractivity contribution is 6.33. The van der Waals surface area contributed by atoms with Crippen LogP contribution in [0.25, 0.3) is 0 Å². The normalized spacial score (nSPS) is 30.0. The van der Waals surface area contributed by atoms with Crippen LogP contribution in [0.3, 0.4) is 0 Å². The maximum absolute atomic E-state index is 6.17. The van der Waals surface area contributed by atoms with Crippen molar-refractivity contribution in [1.82, 2.24) is 0 Å². The van der Waals surface area contributed by atoms with Crippen molar-refractivity contribution in [3.63, 3.8) is 0 Å². The van der Waals surface area contributed by atoms with E-state index in [1.54, 1.807) is 0 Å². The van der Waals surface area contributed by atoms with E-state index in [4.69, 9.17) is 28.9 Å².